The highest BCUT2D eigenvalue weighted by molar-refractivity contribution is 5.79. The molecule has 1 aromatic carbocycles. The van der Waals surface area contributed by atoms with Crippen LogP contribution in [0.25, 0.3) is 0 Å². The van der Waals surface area contributed by atoms with E-state index in [1.807, 2.05) is 18.2 Å². The molecule has 0 bridgehead atoms. The van der Waals surface area contributed by atoms with Crippen LogP contribution in [0.4, 0.5) is 0 Å². The van der Waals surface area contributed by atoms with E-state index in [4.69, 9.17) is 0 Å². The molecule has 12 heavy (non-hydrogen) atoms. The predicted molar refractivity (Wildman–Crippen MR) is 45.8 cm³/mol. The van der Waals surface area contributed by atoms with Crippen LogP contribution in [0.3, 0.4) is 0 Å². The van der Waals surface area contributed by atoms with Crippen molar-refractivity contribution in [2.24, 2.45) is 0 Å². The molecule has 1 aromatic rings. The lowest BCUT2D eigenvalue weighted by Crippen LogP contribution is -2.04. The number of hydrogen-bond acceptors (Lipinski definition) is 1. The normalized spacial score (nSPS) is 22.3. The minimum atomic E-state index is 0.0452. The van der Waals surface area contributed by atoms with Crippen molar-refractivity contribution >= 4 is 5.91 Å². The first-order chi connectivity index (χ1) is 5.86. The van der Waals surface area contributed by atoms with Gasteiger partial charge >= 0.3 is 0 Å². The number of carbonyl (C=O) groups excluding carboxylic acids is 1. The van der Waals surface area contributed by atoms with Crippen LogP contribution in [0, 0.1) is 0 Å². The highest BCUT2D eigenvalue weighted by Gasteiger charge is 2.23. The molecule has 1 fully saturated rings. The lowest BCUT2D eigenvalue weighted by atomic mass is 9.99. The molecule has 1 atom stereocenters. The second-order valence-corrected chi connectivity index (χ2v) is 3.05. The highest BCUT2D eigenvalue weighted by atomic mass is 16.1. The van der Waals surface area contributed by atoms with E-state index in [-0.39, 0.29) is 5.91 Å². The Balaban J connectivity index is 2.16. The van der Waals surface area contributed by atoms with Crippen molar-refractivity contribution in [3.05, 3.63) is 35.9 Å². The van der Waals surface area contributed by atoms with Crippen LogP contribution >= 0.6 is 0 Å². The molecule has 1 aliphatic heterocycles. The molecule has 2 heteroatoms. The van der Waals surface area contributed by atoms with Crippen molar-refractivity contribution in [1.82, 2.24) is 5.32 Å². The second kappa shape index (κ2) is 2.97. The van der Waals surface area contributed by atoms with E-state index in [0.717, 1.165) is 0 Å². The molecule has 61 valence electrons. The quantitative estimate of drug-likeness (QED) is 0.609. The number of rotatable bonds is 1. The standard InChI is InChI=1S/C10H10NO/c12-10-6-9(7-11-10)8-4-2-1-3-5-8/h1-5,9H,6-7H2. The first-order valence-corrected chi connectivity index (χ1v) is 4.11. The van der Waals surface area contributed by atoms with Gasteiger partial charge in [-0.3, -0.25) is 10.1 Å². The summed E-state index contributed by atoms with van der Waals surface area (Å²) < 4.78 is 0. The number of amides is 1. The molecule has 1 heterocycles. The van der Waals surface area contributed by atoms with Gasteiger partial charge < -0.3 is 0 Å². The van der Waals surface area contributed by atoms with E-state index >= 15 is 0 Å². The number of hydrogen-bond donors (Lipinski definition) is 0. The van der Waals surface area contributed by atoms with Gasteiger partial charge in [0.05, 0.1) is 6.54 Å². The first kappa shape index (κ1) is 7.35. The van der Waals surface area contributed by atoms with Crippen LogP contribution in [0.15, 0.2) is 30.3 Å². The Bertz CT molecular complexity index is 281. The molecule has 0 aliphatic carbocycles. The third-order valence-electron chi connectivity index (χ3n) is 2.18. The molecule has 1 radical (unpaired) electrons. The van der Waals surface area contributed by atoms with Gasteiger partial charge in [0.2, 0.25) is 5.91 Å². The van der Waals surface area contributed by atoms with Crippen LogP contribution in [0.2, 0.25) is 0 Å². The van der Waals surface area contributed by atoms with Crippen molar-refractivity contribution in [1.29, 1.82) is 0 Å². The van der Waals surface area contributed by atoms with Crippen molar-refractivity contribution in [2.75, 3.05) is 6.54 Å². The average molecular weight is 160 g/mol. The van der Waals surface area contributed by atoms with Crippen LogP contribution in [-0.2, 0) is 4.79 Å². The summed E-state index contributed by atoms with van der Waals surface area (Å²) in [5, 5.41) is 3.86. The average Bonchev–Trinajstić information content (AvgIpc) is 2.54. The minimum Gasteiger partial charge on any atom is -0.273 e. The monoisotopic (exact) mass is 160 g/mol. The maximum Gasteiger partial charge on any atom is 0.241 e. The van der Waals surface area contributed by atoms with E-state index in [2.05, 4.69) is 17.4 Å². The zero-order chi connectivity index (χ0) is 8.39. The molecule has 0 N–H and O–H groups in total. The van der Waals surface area contributed by atoms with Gasteiger partial charge in [-0.05, 0) is 5.56 Å². The van der Waals surface area contributed by atoms with E-state index in [1.165, 1.54) is 5.56 Å². The topological polar surface area (TPSA) is 31.2 Å². The summed E-state index contributed by atoms with van der Waals surface area (Å²) in [7, 11) is 0. The Labute approximate surface area is 71.6 Å². The fourth-order valence-corrected chi connectivity index (χ4v) is 1.50. The molecule has 1 unspecified atom stereocenters. The second-order valence-electron chi connectivity index (χ2n) is 3.05. The van der Waals surface area contributed by atoms with Crippen LogP contribution in [0.5, 0.6) is 0 Å². The molecular weight excluding hydrogens is 150 g/mol. The van der Waals surface area contributed by atoms with E-state index < -0.39 is 0 Å². The van der Waals surface area contributed by atoms with Crippen molar-refractivity contribution in [2.45, 2.75) is 12.3 Å². The van der Waals surface area contributed by atoms with Crippen LogP contribution in [0.1, 0.15) is 17.9 Å². The lowest BCUT2D eigenvalue weighted by molar-refractivity contribution is -0.119. The summed E-state index contributed by atoms with van der Waals surface area (Å²) in [5.41, 5.74) is 1.23. The van der Waals surface area contributed by atoms with Gasteiger partial charge in [0.15, 0.2) is 0 Å². The third-order valence-corrected chi connectivity index (χ3v) is 2.18. The van der Waals surface area contributed by atoms with E-state index in [0.29, 0.717) is 18.9 Å². The van der Waals surface area contributed by atoms with Crippen molar-refractivity contribution in [3.8, 4) is 0 Å². The molecule has 0 saturated carbocycles. The predicted octanol–water partition coefficient (Wildman–Crippen LogP) is 1.30. The third kappa shape index (κ3) is 1.33. The largest absolute Gasteiger partial charge is 0.273 e. The summed E-state index contributed by atoms with van der Waals surface area (Å²) in [4.78, 5) is 10.9. The number of carbonyl (C=O) groups is 1. The lowest BCUT2D eigenvalue weighted by Gasteiger charge is -2.04. The van der Waals surface area contributed by atoms with Gasteiger partial charge in [-0.1, -0.05) is 30.3 Å². The Kier molecular flexibility index (Phi) is 1.82. The summed E-state index contributed by atoms with van der Waals surface area (Å²) in [5.74, 6) is 0.377. The Morgan fingerprint density at radius 3 is 2.58 bits per heavy atom. The molecule has 2 rings (SSSR count). The van der Waals surface area contributed by atoms with Gasteiger partial charge in [0, 0.05) is 12.3 Å². The summed E-state index contributed by atoms with van der Waals surface area (Å²) in [6.45, 7) is 0.669. The zero-order valence-corrected chi connectivity index (χ0v) is 6.73. The Hall–Kier alpha value is -1.31. The van der Waals surface area contributed by atoms with Gasteiger partial charge in [0.25, 0.3) is 0 Å². The molecular formula is C10H10NO. The zero-order valence-electron chi connectivity index (χ0n) is 6.73. The highest BCUT2D eigenvalue weighted by Crippen LogP contribution is 2.22. The van der Waals surface area contributed by atoms with Gasteiger partial charge in [-0.25, -0.2) is 0 Å². The van der Waals surface area contributed by atoms with Crippen molar-refractivity contribution in [3.63, 3.8) is 0 Å². The van der Waals surface area contributed by atoms with Crippen LogP contribution in [-0.4, -0.2) is 12.5 Å². The van der Waals surface area contributed by atoms with Crippen LogP contribution < -0.4 is 5.32 Å². The fourth-order valence-electron chi connectivity index (χ4n) is 1.50. The SMILES string of the molecule is O=C1CC(c2ccccc2)C[N]1. The van der Waals surface area contributed by atoms with Crippen molar-refractivity contribution < 1.29 is 4.79 Å². The maximum atomic E-state index is 10.9. The fraction of sp³-hybridized carbons (Fsp3) is 0.300. The first-order valence-electron chi connectivity index (χ1n) is 4.11. The van der Waals surface area contributed by atoms with Gasteiger partial charge in [-0.15, -0.1) is 0 Å². The summed E-state index contributed by atoms with van der Waals surface area (Å²) >= 11 is 0. The molecule has 1 aliphatic rings. The molecule has 0 spiro atoms. The Morgan fingerprint density at radius 1 is 1.25 bits per heavy atom. The maximum absolute atomic E-state index is 10.9. The molecule has 2 nitrogen and oxygen atoms in total. The minimum absolute atomic E-state index is 0.0452. The molecule has 0 aromatic heterocycles. The molecule has 1 amide bonds. The summed E-state index contributed by atoms with van der Waals surface area (Å²) in [6, 6.07) is 10.1. The molecule has 1 saturated heterocycles. The Morgan fingerprint density at radius 2 is 2.00 bits per heavy atom. The smallest absolute Gasteiger partial charge is 0.241 e. The van der Waals surface area contributed by atoms with Gasteiger partial charge in [-0.2, -0.15) is 0 Å². The van der Waals surface area contributed by atoms with E-state index in [9.17, 15) is 4.79 Å². The summed E-state index contributed by atoms with van der Waals surface area (Å²) in [6.07, 6.45) is 0.587. The van der Waals surface area contributed by atoms with Gasteiger partial charge in [0.1, 0.15) is 0 Å². The number of nitrogens with zero attached hydrogens (tertiary/aromatic N) is 1. The number of benzene rings is 1. The van der Waals surface area contributed by atoms with E-state index in [1.54, 1.807) is 0 Å².